The maximum atomic E-state index is 13.3. The van der Waals surface area contributed by atoms with Gasteiger partial charge in [-0.05, 0) is 24.0 Å². The van der Waals surface area contributed by atoms with Crippen molar-refractivity contribution in [2.75, 3.05) is 39.3 Å². The highest BCUT2D eigenvalue weighted by molar-refractivity contribution is 5.85. The molecule has 0 aliphatic carbocycles. The zero-order chi connectivity index (χ0) is 19.9. The van der Waals surface area contributed by atoms with Crippen molar-refractivity contribution in [1.29, 1.82) is 0 Å². The third kappa shape index (κ3) is 7.14. The minimum absolute atomic E-state index is 0. The molecule has 0 bridgehead atoms. The summed E-state index contributed by atoms with van der Waals surface area (Å²) >= 11 is 0. The second-order valence-corrected chi connectivity index (χ2v) is 6.78. The van der Waals surface area contributed by atoms with Crippen LogP contribution in [0.5, 0.6) is 5.75 Å². The summed E-state index contributed by atoms with van der Waals surface area (Å²) in [6, 6.07) is 5.73. The second-order valence-electron chi connectivity index (χ2n) is 6.78. The first-order valence-corrected chi connectivity index (χ1v) is 9.32. The van der Waals surface area contributed by atoms with Crippen LogP contribution in [0.3, 0.4) is 0 Å². The van der Waals surface area contributed by atoms with Gasteiger partial charge in [0, 0.05) is 32.7 Å². The van der Waals surface area contributed by atoms with E-state index in [-0.39, 0.29) is 24.9 Å². The summed E-state index contributed by atoms with van der Waals surface area (Å²) in [5.41, 5.74) is 0.988. The highest BCUT2D eigenvalue weighted by Gasteiger charge is 2.43. The fourth-order valence-corrected chi connectivity index (χ4v) is 3.09. The Bertz CT molecular complexity index is 610. The summed E-state index contributed by atoms with van der Waals surface area (Å²) < 4.78 is 45.6. The summed E-state index contributed by atoms with van der Waals surface area (Å²) in [4.78, 5) is 13.4. The molecule has 1 aliphatic rings. The minimum Gasteiger partial charge on any atom is -0.483 e. The maximum Gasteiger partial charge on any atom is 0.405 e. The van der Waals surface area contributed by atoms with Crippen LogP contribution in [-0.4, -0.2) is 62.4 Å². The fraction of sp³-hybridized carbons (Fsp3) is 0.632. The number of hydrogen-bond donors (Lipinski definition) is 2. The van der Waals surface area contributed by atoms with Gasteiger partial charge >= 0.3 is 6.18 Å². The lowest BCUT2D eigenvalue weighted by Gasteiger charge is -2.35. The maximum absolute atomic E-state index is 13.3. The van der Waals surface area contributed by atoms with Crippen LogP contribution in [0.2, 0.25) is 0 Å². The van der Waals surface area contributed by atoms with E-state index in [9.17, 15) is 18.0 Å². The van der Waals surface area contributed by atoms with Crippen LogP contribution in [0, 0.1) is 0 Å². The average molecular weight is 424 g/mol. The number of nitrogens with one attached hydrogen (secondary N) is 2. The Morgan fingerprint density at radius 3 is 2.54 bits per heavy atom. The topological polar surface area (TPSA) is 53.6 Å². The quantitative estimate of drug-likeness (QED) is 0.675. The van der Waals surface area contributed by atoms with E-state index in [4.69, 9.17) is 4.74 Å². The molecule has 2 N–H and O–H groups in total. The van der Waals surface area contributed by atoms with E-state index in [2.05, 4.69) is 24.5 Å². The molecule has 2 rings (SSSR count). The second kappa shape index (κ2) is 11.5. The summed E-state index contributed by atoms with van der Waals surface area (Å²) in [6.07, 6.45) is -3.47. The monoisotopic (exact) mass is 423 g/mol. The minimum atomic E-state index is -4.39. The van der Waals surface area contributed by atoms with Gasteiger partial charge < -0.3 is 15.4 Å². The Labute approximate surface area is 170 Å². The molecule has 1 aromatic carbocycles. The Morgan fingerprint density at radius 2 is 1.93 bits per heavy atom. The molecule has 1 saturated heterocycles. The van der Waals surface area contributed by atoms with Crippen molar-refractivity contribution in [3.8, 4) is 5.75 Å². The molecule has 1 aliphatic heterocycles. The first-order valence-electron chi connectivity index (χ1n) is 9.32. The van der Waals surface area contributed by atoms with E-state index >= 15 is 0 Å². The van der Waals surface area contributed by atoms with Gasteiger partial charge in [0.1, 0.15) is 11.8 Å². The number of benzene rings is 1. The van der Waals surface area contributed by atoms with Crippen LogP contribution < -0.4 is 15.4 Å². The highest BCUT2D eigenvalue weighted by atomic mass is 35.5. The van der Waals surface area contributed by atoms with Gasteiger partial charge in [-0.25, -0.2) is 0 Å². The number of alkyl halides is 3. The van der Waals surface area contributed by atoms with Crippen molar-refractivity contribution in [3.63, 3.8) is 0 Å². The standard InChI is InChI=1S/C19H28F3N3O2.ClH/c1-3-14(2)15-6-4-5-7-16(15)27-13-18(26)24-12-17(19(20,21)22)25-10-8-23-9-11-25;/h4-7,14,17,23H,3,8-13H2,1-2H3,(H,24,26);1H. The fourth-order valence-electron chi connectivity index (χ4n) is 3.09. The third-order valence-corrected chi connectivity index (χ3v) is 4.88. The van der Waals surface area contributed by atoms with E-state index in [0.717, 1.165) is 12.0 Å². The lowest BCUT2D eigenvalue weighted by Crippen LogP contribution is -2.57. The number of amides is 1. The predicted octanol–water partition coefficient (Wildman–Crippen LogP) is 2.95. The Kier molecular flexibility index (Phi) is 10.1. The van der Waals surface area contributed by atoms with Crippen molar-refractivity contribution < 1.29 is 22.7 Å². The van der Waals surface area contributed by atoms with Crippen molar-refractivity contribution in [2.24, 2.45) is 0 Å². The van der Waals surface area contributed by atoms with E-state index in [1.807, 2.05) is 18.2 Å². The molecule has 2 atom stereocenters. The molecule has 0 saturated carbocycles. The number of piperazine rings is 1. The van der Waals surface area contributed by atoms with Crippen molar-refractivity contribution in [3.05, 3.63) is 29.8 Å². The molecular weight excluding hydrogens is 395 g/mol. The van der Waals surface area contributed by atoms with Gasteiger partial charge in [0.25, 0.3) is 5.91 Å². The summed E-state index contributed by atoms with van der Waals surface area (Å²) in [5.74, 6) is 0.307. The lowest BCUT2D eigenvalue weighted by atomic mass is 9.98. The number of para-hydroxylation sites is 1. The van der Waals surface area contributed by atoms with Gasteiger partial charge in [-0.3, -0.25) is 9.69 Å². The first kappa shape index (κ1) is 24.5. The van der Waals surface area contributed by atoms with Crippen LogP contribution in [0.1, 0.15) is 31.7 Å². The third-order valence-electron chi connectivity index (χ3n) is 4.88. The number of halogens is 4. The van der Waals surface area contributed by atoms with Crippen LogP contribution in [0.4, 0.5) is 13.2 Å². The summed E-state index contributed by atoms with van der Waals surface area (Å²) in [5, 5.41) is 5.40. The van der Waals surface area contributed by atoms with E-state index in [1.165, 1.54) is 4.90 Å². The lowest BCUT2D eigenvalue weighted by molar-refractivity contribution is -0.184. The van der Waals surface area contributed by atoms with Crippen molar-refractivity contribution >= 4 is 18.3 Å². The van der Waals surface area contributed by atoms with Crippen LogP contribution in [0.25, 0.3) is 0 Å². The SMILES string of the molecule is CCC(C)c1ccccc1OCC(=O)NCC(N1CCNCC1)C(F)(F)F.Cl. The summed E-state index contributed by atoms with van der Waals surface area (Å²) in [6.45, 7) is 4.97. The van der Waals surface area contributed by atoms with E-state index < -0.39 is 24.7 Å². The zero-order valence-corrected chi connectivity index (χ0v) is 17.0. The molecule has 160 valence electrons. The van der Waals surface area contributed by atoms with E-state index in [1.54, 1.807) is 6.07 Å². The van der Waals surface area contributed by atoms with Gasteiger partial charge in [-0.1, -0.05) is 32.0 Å². The normalized spacial score (nSPS) is 17.3. The van der Waals surface area contributed by atoms with Crippen LogP contribution in [-0.2, 0) is 4.79 Å². The van der Waals surface area contributed by atoms with Crippen LogP contribution >= 0.6 is 12.4 Å². The highest BCUT2D eigenvalue weighted by Crippen LogP contribution is 2.28. The molecule has 0 spiro atoms. The molecule has 0 aromatic heterocycles. The Morgan fingerprint density at radius 1 is 1.29 bits per heavy atom. The average Bonchev–Trinajstić information content (AvgIpc) is 2.66. The van der Waals surface area contributed by atoms with Gasteiger partial charge in [0.15, 0.2) is 6.61 Å². The van der Waals surface area contributed by atoms with Gasteiger partial charge in [-0.15, -0.1) is 12.4 Å². The Balaban J connectivity index is 0.00000392. The molecule has 1 heterocycles. The molecule has 9 heteroatoms. The molecule has 1 amide bonds. The van der Waals surface area contributed by atoms with Gasteiger partial charge in [-0.2, -0.15) is 13.2 Å². The Hall–Kier alpha value is -1.51. The first-order chi connectivity index (χ1) is 12.8. The smallest absolute Gasteiger partial charge is 0.405 e. The molecule has 2 unspecified atom stereocenters. The largest absolute Gasteiger partial charge is 0.483 e. The number of carbonyl (C=O) groups excluding carboxylic acids is 1. The molecule has 0 radical (unpaired) electrons. The number of rotatable bonds is 8. The zero-order valence-electron chi connectivity index (χ0n) is 16.2. The molecular formula is C19H29ClF3N3O2. The van der Waals surface area contributed by atoms with Crippen LogP contribution in [0.15, 0.2) is 24.3 Å². The number of ether oxygens (including phenoxy) is 1. The van der Waals surface area contributed by atoms with Gasteiger partial charge in [0.05, 0.1) is 0 Å². The van der Waals surface area contributed by atoms with Crippen molar-refractivity contribution in [2.45, 2.75) is 38.4 Å². The summed E-state index contributed by atoms with van der Waals surface area (Å²) in [7, 11) is 0. The molecule has 1 fully saturated rings. The molecule has 5 nitrogen and oxygen atoms in total. The van der Waals surface area contributed by atoms with E-state index in [0.29, 0.717) is 31.9 Å². The van der Waals surface area contributed by atoms with Crippen molar-refractivity contribution in [1.82, 2.24) is 15.5 Å². The predicted molar refractivity (Wildman–Crippen MR) is 105 cm³/mol. The molecule has 1 aromatic rings. The number of carbonyl (C=O) groups is 1. The number of hydrogen-bond acceptors (Lipinski definition) is 4. The number of nitrogens with zero attached hydrogens (tertiary/aromatic N) is 1. The molecule has 28 heavy (non-hydrogen) atoms. The van der Waals surface area contributed by atoms with Gasteiger partial charge in [0.2, 0.25) is 0 Å².